The Hall–Kier alpha value is -16.7. The summed E-state index contributed by atoms with van der Waals surface area (Å²) in [5.74, 6) is 0.307. The Labute approximate surface area is 847 Å². The van der Waals surface area contributed by atoms with E-state index in [4.69, 9.17) is 37.9 Å². The molecule has 0 amide bonds. The normalized spacial score (nSPS) is 17.3. The first-order chi connectivity index (χ1) is 72.0. The van der Waals surface area contributed by atoms with Gasteiger partial charge in [0, 0.05) is 72.9 Å². The van der Waals surface area contributed by atoms with Crippen LogP contribution < -0.4 is 9.47 Å². The van der Waals surface area contributed by atoms with Gasteiger partial charge in [0.05, 0.1) is 38.6 Å². The molecule has 0 spiro atoms. The van der Waals surface area contributed by atoms with Crippen LogP contribution in [-0.4, -0.2) is 67.8 Å². The van der Waals surface area contributed by atoms with Gasteiger partial charge in [-0.2, -0.15) is 0 Å². The highest BCUT2D eigenvalue weighted by Gasteiger charge is 2.56. The van der Waals surface area contributed by atoms with E-state index in [1.807, 2.05) is 52.7 Å². The summed E-state index contributed by atoms with van der Waals surface area (Å²) in [6, 6.07) is 149. The maximum atomic E-state index is 15.4. The molecule has 0 atom stereocenters. The number of rotatable bonds is 6. The Morgan fingerprint density at radius 2 is 0.370 bits per heavy atom. The molecule has 0 saturated heterocycles. The van der Waals surface area contributed by atoms with Crippen molar-refractivity contribution in [3.8, 4) is 101 Å². The standard InChI is InChI=1S/C136H102O10/c1-139-131(137)87-79-109-125-101-57-19-11-49-93(101)121(94-50-12-20-58-102(94)125)83-41-37-45-89(75-83)133(141-3)113-65-27-31-69-117(113)135(143-5,118-70-32-28-66-114(118)133)91-47-39-43-85(77-91)123-97-53-15-23-61-105(97)127(106-62-24-16-54-98(106)123)111-81-88(132(138)140-2)82-112-128-107-63-25-17-55-99(107)124(100-56-18-26-64-108(100)128)86-44-40-48-92(78-86)136(144-6)119-71-33-29-67-115(119)134(142-4,116-68-30-34-72-120(116)136)90-46-38-42-84(76-90)122-95-51-13-21-59-103(95)126(104-60-22-14-52-96(104)122)110(80-87)129(109)145-73-35-9-7-8-10-36-74-146-130(111)112/h11-34,37-72,75-82H,7-10,35-36,73-74H2,1-6H3. The van der Waals surface area contributed by atoms with Crippen molar-refractivity contribution < 1.29 is 47.5 Å². The topological polar surface area (TPSA) is 108 Å². The molecular weight excluding hydrogens is 1790 g/mol. The first kappa shape index (κ1) is 89.4. The van der Waals surface area contributed by atoms with Crippen molar-refractivity contribution in [1.29, 1.82) is 0 Å². The van der Waals surface area contributed by atoms with Gasteiger partial charge in [-0.1, -0.05) is 390 Å². The third-order valence-corrected chi connectivity index (χ3v) is 32.1. The molecule has 10 nitrogen and oxygen atoms in total. The summed E-state index contributed by atoms with van der Waals surface area (Å²) in [6.07, 6.45) is 4.98. The van der Waals surface area contributed by atoms with Gasteiger partial charge in [-0.25, -0.2) is 9.59 Å². The molecule has 0 fully saturated rings. The Bertz CT molecular complexity index is 7860. The van der Waals surface area contributed by atoms with Crippen LogP contribution in [0.1, 0.15) is 126 Å². The number of hydrogen-bond acceptors (Lipinski definition) is 10. The van der Waals surface area contributed by atoms with Crippen LogP contribution in [0.5, 0.6) is 11.5 Å². The molecule has 0 unspecified atom stereocenters. The highest BCUT2D eigenvalue weighted by molar-refractivity contribution is 6.28. The van der Waals surface area contributed by atoms with Gasteiger partial charge in [0.2, 0.25) is 0 Å². The Morgan fingerprint density at radius 1 is 0.199 bits per heavy atom. The minimum absolute atomic E-state index is 0.347. The second kappa shape index (κ2) is 35.7. The summed E-state index contributed by atoms with van der Waals surface area (Å²) in [6.45, 7) is 0.694. The van der Waals surface area contributed by atoms with Crippen LogP contribution in [0.3, 0.4) is 0 Å². The predicted molar refractivity (Wildman–Crippen MR) is 591 cm³/mol. The van der Waals surface area contributed by atoms with Crippen molar-refractivity contribution in [2.45, 2.75) is 60.9 Å². The third-order valence-electron chi connectivity index (χ3n) is 32.1. The molecule has 0 saturated carbocycles. The molecule has 10 heteroatoms. The minimum Gasteiger partial charge on any atom is -0.492 e. The van der Waals surface area contributed by atoms with Crippen molar-refractivity contribution in [2.75, 3.05) is 55.9 Å². The van der Waals surface area contributed by atoms with Crippen LogP contribution in [0.25, 0.3) is 175 Å². The van der Waals surface area contributed by atoms with E-state index in [9.17, 15) is 0 Å². The van der Waals surface area contributed by atoms with E-state index in [0.29, 0.717) is 48.7 Å². The molecule has 4 aliphatic rings. The Morgan fingerprint density at radius 3 is 0.548 bits per heavy atom. The molecule has 22 aromatic carbocycles. The number of carbonyl (C=O) groups is 2. The summed E-state index contributed by atoms with van der Waals surface area (Å²) in [5, 5.41) is 15.7. The van der Waals surface area contributed by atoms with E-state index in [1.54, 1.807) is 0 Å². The zero-order chi connectivity index (χ0) is 98.3. The van der Waals surface area contributed by atoms with Crippen LogP contribution in [0.4, 0.5) is 0 Å². The molecular formula is C136H102O10. The molecule has 0 N–H and O–H groups in total. The molecule has 22 aromatic rings. The first-order valence-corrected chi connectivity index (χ1v) is 50.6. The zero-order valence-corrected chi connectivity index (χ0v) is 82.0. The van der Waals surface area contributed by atoms with Crippen LogP contribution in [0, 0.1) is 0 Å². The van der Waals surface area contributed by atoms with Gasteiger partial charge in [-0.15, -0.1) is 0 Å². The van der Waals surface area contributed by atoms with Crippen LogP contribution in [-0.2, 0) is 50.8 Å². The van der Waals surface area contributed by atoms with E-state index < -0.39 is 34.3 Å². The highest BCUT2D eigenvalue weighted by atomic mass is 16.5. The minimum atomic E-state index is -1.22. The van der Waals surface area contributed by atoms with Crippen molar-refractivity contribution in [3.05, 3.63) is 490 Å². The fourth-order valence-electron chi connectivity index (χ4n) is 26.1. The third kappa shape index (κ3) is 13.2. The number of methoxy groups -OCH3 is 6. The number of benzene rings is 22. The maximum Gasteiger partial charge on any atom is 0.337 e. The lowest BCUT2D eigenvalue weighted by molar-refractivity contribution is 0.0167. The number of carbonyl (C=O) groups excluding carboxylic acids is 2. The van der Waals surface area contributed by atoms with Gasteiger partial charge >= 0.3 is 11.9 Å². The number of hydrogen-bond donors (Lipinski definition) is 0. The Balaban J connectivity index is 0.785. The quantitative estimate of drug-likeness (QED) is 0.118. The van der Waals surface area contributed by atoms with E-state index in [0.717, 1.165) is 268 Å². The zero-order valence-electron chi connectivity index (χ0n) is 82.0. The number of ether oxygens (including phenoxy) is 8. The molecule has 26 rings (SSSR count). The lowest BCUT2D eigenvalue weighted by Gasteiger charge is -2.48. The average Bonchev–Trinajstić information content (AvgIpc) is 0.685. The molecule has 22 bridgehead atoms. The largest absolute Gasteiger partial charge is 0.492 e. The second-order valence-corrected chi connectivity index (χ2v) is 39.0. The highest BCUT2D eigenvalue weighted by Crippen LogP contribution is 2.63. The van der Waals surface area contributed by atoms with Crippen LogP contribution in [0.15, 0.2) is 413 Å². The predicted octanol–water partition coefficient (Wildman–Crippen LogP) is 32.6. The van der Waals surface area contributed by atoms with Crippen molar-refractivity contribution in [3.63, 3.8) is 0 Å². The van der Waals surface area contributed by atoms with Crippen molar-refractivity contribution >= 4 is 98.1 Å². The van der Waals surface area contributed by atoms with Gasteiger partial charge in [0.1, 0.15) is 33.9 Å². The van der Waals surface area contributed by atoms with Crippen molar-refractivity contribution in [1.82, 2.24) is 0 Å². The monoisotopic (exact) mass is 1890 g/mol. The lowest BCUT2D eigenvalue weighted by Crippen LogP contribution is -2.46. The summed E-state index contributed by atoms with van der Waals surface area (Å²) in [5.41, 5.74) is 21.6. The van der Waals surface area contributed by atoms with Gasteiger partial charge < -0.3 is 37.9 Å². The molecule has 2 aliphatic carbocycles. The second-order valence-electron chi connectivity index (χ2n) is 39.0. The fraction of sp³-hybridized carbons (Fsp3) is 0.132. The lowest BCUT2D eigenvalue weighted by atomic mass is 9.63. The molecule has 0 radical (unpaired) electrons. The van der Waals surface area contributed by atoms with E-state index in [-0.39, 0.29) is 0 Å². The van der Waals surface area contributed by atoms with Gasteiger partial charge in [0.25, 0.3) is 0 Å². The summed E-state index contributed by atoms with van der Waals surface area (Å²) >= 11 is 0. The molecule has 0 aromatic heterocycles. The molecule has 146 heavy (non-hydrogen) atoms. The molecule has 2 aliphatic heterocycles. The average molecular weight is 1900 g/mol. The van der Waals surface area contributed by atoms with Crippen LogP contribution >= 0.6 is 0 Å². The van der Waals surface area contributed by atoms with Gasteiger partial charge in [-0.3, -0.25) is 0 Å². The molecule has 2 heterocycles. The number of fused-ring (bicyclic) bond motifs is 47. The van der Waals surface area contributed by atoms with Crippen molar-refractivity contribution in [2.24, 2.45) is 0 Å². The van der Waals surface area contributed by atoms with Gasteiger partial charge in [-0.05, 0) is 259 Å². The molecule has 706 valence electrons. The fourth-order valence-corrected chi connectivity index (χ4v) is 26.1. The smallest absolute Gasteiger partial charge is 0.337 e. The summed E-state index contributed by atoms with van der Waals surface area (Å²) in [7, 11) is 10.3. The van der Waals surface area contributed by atoms with Gasteiger partial charge in [0.15, 0.2) is 0 Å². The summed E-state index contributed by atoms with van der Waals surface area (Å²) in [4.78, 5) is 30.7. The van der Waals surface area contributed by atoms with Crippen LogP contribution in [0.2, 0.25) is 0 Å². The van der Waals surface area contributed by atoms with E-state index in [1.165, 1.54) is 14.2 Å². The summed E-state index contributed by atoms with van der Waals surface area (Å²) < 4.78 is 57.6. The number of esters is 2. The van der Waals surface area contributed by atoms with E-state index >= 15 is 9.59 Å². The van der Waals surface area contributed by atoms with E-state index in [2.05, 4.69) is 388 Å². The Kier molecular flexibility index (Phi) is 21.9. The first-order valence-electron chi connectivity index (χ1n) is 50.6. The SMILES string of the molecule is COC(=O)c1cc2c3c(c1)-c1c4ccccc4c(c4ccccc14)-c1cccc(c1)C1(OC)c4ccccc4C(OC)(c4cccc(c4)-c4c5ccccc5c(c5ccccc45)-c4cc(C(=O)OC)cc(c4OCCCCCCCCO3)-c3c4ccccc4c(c4ccccc34)-c3cccc(c3)C3(OC)c4ccccc4C(OC)(c4cccc(c4)-c4c5ccccc5c-2c2ccccc42)c2ccccc23)c2ccccc21. The maximum absolute atomic E-state index is 15.4.